The maximum absolute atomic E-state index is 14.5. The predicted octanol–water partition coefficient (Wildman–Crippen LogP) is 3.67. The Bertz CT molecular complexity index is 1810. The van der Waals surface area contributed by atoms with Gasteiger partial charge < -0.3 is 20.3 Å². The van der Waals surface area contributed by atoms with Gasteiger partial charge in [-0.15, -0.1) is 6.58 Å². The highest BCUT2D eigenvalue weighted by Gasteiger charge is 2.61. The molecule has 3 heterocycles. The highest BCUT2D eigenvalue weighted by Crippen LogP contribution is 2.45. The van der Waals surface area contributed by atoms with Gasteiger partial charge in [-0.1, -0.05) is 51.1 Å². The summed E-state index contributed by atoms with van der Waals surface area (Å²) in [6, 6.07) is 6.01. The van der Waals surface area contributed by atoms with E-state index < -0.39 is 56.6 Å². The van der Waals surface area contributed by atoms with E-state index in [4.69, 9.17) is 4.74 Å². The van der Waals surface area contributed by atoms with E-state index in [1.807, 2.05) is 51.1 Å². The Kier molecular flexibility index (Phi) is 9.38. The van der Waals surface area contributed by atoms with Gasteiger partial charge in [0.05, 0.1) is 16.3 Å². The van der Waals surface area contributed by atoms with E-state index in [9.17, 15) is 23.4 Å². The lowest BCUT2D eigenvalue weighted by molar-refractivity contribution is -0.144. The summed E-state index contributed by atoms with van der Waals surface area (Å²) in [7, 11) is -2.87. The van der Waals surface area contributed by atoms with Crippen LogP contribution < -0.4 is 20.1 Å². The molecule has 12 heteroatoms. The minimum absolute atomic E-state index is 0.0650. The summed E-state index contributed by atoms with van der Waals surface area (Å²) in [6.07, 6.45) is 11.2. The topological polar surface area (TPSA) is 147 Å². The molecule has 0 radical (unpaired) electrons. The van der Waals surface area contributed by atoms with Crippen LogP contribution in [0, 0.1) is 11.3 Å². The highest BCUT2D eigenvalue weighted by atomic mass is 32.2. The van der Waals surface area contributed by atoms with Gasteiger partial charge in [-0.3, -0.25) is 23.9 Å². The zero-order valence-corrected chi connectivity index (χ0v) is 29.4. The number of fused-ring (bicyclic) bond motifs is 3. The summed E-state index contributed by atoms with van der Waals surface area (Å²) >= 11 is 0. The number of amides is 4. The van der Waals surface area contributed by atoms with Crippen LogP contribution in [0.25, 0.3) is 16.8 Å². The maximum Gasteiger partial charge on any atom is 0.257 e. The summed E-state index contributed by atoms with van der Waals surface area (Å²) in [6.45, 7) is 9.52. The summed E-state index contributed by atoms with van der Waals surface area (Å²) in [5.74, 6) is 2.04. The Labute approximate surface area is 288 Å². The van der Waals surface area contributed by atoms with Crippen LogP contribution in [-0.4, -0.2) is 79.1 Å². The van der Waals surface area contributed by atoms with E-state index in [-0.39, 0.29) is 42.9 Å². The third-order valence-corrected chi connectivity index (χ3v) is 12.1. The smallest absolute Gasteiger partial charge is 0.257 e. The Morgan fingerprint density at radius 3 is 2.65 bits per heavy atom. The first kappa shape index (κ1) is 34.7. The fourth-order valence-electron chi connectivity index (χ4n) is 6.82. The number of ether oxygens (including phenoxy) is 1. The fraction of sp³-hybridized carbons (Fsp3) is 0.514. The first-order chi connectivity index (χ1) is 23.2. The summed E-state index contributed by atoms with van der Waals surface area (Å²) in [4.78, 5) is 61.4. The molecule has 6 rings (SSSR count). The maximum atomic E-state index is 14.5. The molecular weight excluding hydrogens is 643 g/mol. The van der Waals surface area contributed by atoms with Gasteiger partial charge in [-0.2, -0.15) is 0 Å². The van der Waals surface area contributed by atoms with Gasteiger partial charge in [0.2, 0.25) is 23.6 Å². The molecule has 4 amide bonds. The molecule has 1 unspecified atom stereocenters. The highest BCUT2D eigenvalue weighted by molar-refractivity contribution is 7.99. The van der Waals surface area contributed by atoms with Crippen LogP contribution in [0.3, 0.4) is 0 Å². The molecule has 3 N–H and O–H groups in total. The van der Waals surface area contributed by atoms with Gasteiger partial charge in [0.25, 0.3) is 5.91 Å². The van der Waals surface area contributed by atoms with Gasteiger partial charge >= 0.3 is 0 Å². The zero-order chi connectivity index (χ0) is 35.1. The van der Waals surface area contributed by atoms with Gasteiger partial charge in [-0.25, -0.2) is 9.19 Å². The molecule has 49 heavy (non-hydrogen) atoms. The number of pyridine rings is 1. The Hall–Kier alpha value is -4.19. The van der Waals surface area contributed by atoms with Gasteiger partial charge in [0, 0.05) is 35.6 Å². The molecule has 6 atom stereocenters. The number of aromatic nitrogens is 1. The van der Waals surface area contributed by atoms with E-state index in [1.54, 1.807) is 12.3 Å². The average molecular weight is 690 g/mol. The average Bonchev–Trinajstić information content (AvgIpc) is 3.97. The Morgan fingerprint density at radius 1 is 1.18 bits per heavy atom. The van der Waals surface area contributed by atoms with E-state index in [1.165, 1.54) is 4.90 Å². The summed E-state index contributed by atoms with van der Waals surface area (Å²) < 4.78 is 22.2. The number of rotatable bonds is 6. The number of hydrogen-bond acceptors (Lipinski definition) is 7. The number of nitrogens with zero attached hydrogens (tertiary/aromatic N) is 2. The van der Waals surface area contributed by atoms with E-state index >= 15 is 0 Å². The molecule has 2 aliphatic carbocycles. The quantitative estimate of drug-likeness (QED) is 0.310. The van der Waals surface area contributed by atoms with Crippen LogP contribution in [0.15, 0.2) is 49.2 Å². The fourth-order valence-corrected chi connectivity index (χ4v) is 8.38. The van der Waals surface area contributed by atoms with E-state index in [0.29, 0.717) is 12.3 Å². The van der Waals surface area contributed by atoms with E-state index in [2.05, 4.69) is 38.9 Å². The largest absolute Gasteiger partial charge is 0.472 e. The second-order valence-electron chi connectivity index (χ2n) is 15.0. The number of carbonyl (C=O) groups excluding carboxylic acids is 4. The lowest BCUT2D eigenvalue weighted by Gasteiger charge is -2.35. The second kappa shape index (κ2) is 13.3. The van der Waals surface area contributed by atoms with Crippen molar-refractivity contribution in [3.63, 3.8) is 0 Å². The number of nitrogens with one attached hydrogen (secondary N) is 3. The van der Waals surface area contributed by atoms with Gasteiger partial charge in [0.15, 0.2) is 0 Å². The van der Waals surface area contributed by atoms with Gasteiger partial charge in [-0.05, 0) is 72.9 Å². The first-order valence-electron chi connectivity index (χ1n) is 17.2. The van der Waals surface area contributed by atoms with Crippen molar-refractivity contribution < 1.29 is 28.1 Å². The summed E-state index contributed by atoms with van der Waals surface area (Å²) in [5.41, 5.74) is -1.05. The molecule has 0 spiro atoms. The zero-order valence-electron chi connectivity index (χ0n) is 28.5. The molecule has 262 valence electrons. The van der Waals surface area contributed by atoms with Crippen LogP contribution in [-0.2, 0) is 28.9 Å². The Balaban J connectivity index is 1.33. The predicted molar refractivity (Wildman–Crippen MR) is 191 cm³/mol. The van der Waals surface area contributed by atoms with Crippen molar-refractivity contribution in [2.75, 3.05) is 6.54 Å². The number of carbonyl (C=O) groups is 4. The van der Waals surface area contributed by atoms with Crippen molar-refractivity contribution in [2.45, 2.75) is 101 Å². The van der Waals surface area contributed by atoms with Crippen molar-refractivity contribution >= 4 is 56.1 Å². The molecule has 1 saturated heterocycles. The third-order valence-electron chi connectivity index (χ3n) is 10.0. The molecule has 3 fully saturated rings. The molecule has 1 aromatic heterocycles. The van der Waals surface area contributed by atoms with Crippen molar-refractivity contribution in [3.8, 4) is 5.88 Å². The minimum atomic E-state index is -2.87. The van der Waals surface area contributed by atoms with Crippen molar-refractivity contribution in [1.82, 2.24) is 25.2 Å². The Morgan fingerprint density at radius 2 is 1.96 bits per heavy atom. The molecule has 4 aliphatic rings. The van der Waals surface area contributed by atoms with E-state index in [0.717, 1.165) is 42.0 Å². The van der Waals surface area contributed by atoms with Crippen LogP contribution in [0.2, 0.25) is 0 Å². The molecule has 4 bridgehead atoms. The van der Waals surface area contributed by atoms with Crippen LogP contribution in [0.4, 0.5) is 0 Å². The van der Waals surface area contributed by atoms with Crippen molar-refractivity contribution in [2.24, 2.45) is 11.3 Å². The van der Waals surface area contributed by atoms with Crippen molar-refractivity contribution in [3.05, 3.63) is 54.8 Å². The third kappa shape index (κ3) is 7.39. The normalized spacial score (nSPS) is 29.5. The SMILES string of the molecule is C=C[C@@H]1C[C@]1(NC(=O)[C@@H]1C[C@@H]2CN1C(=O)[C@H](C(C)(C)C)NC(=O)CCCC/C=C/c1ccc3ccnc(c3c1)O2)C(=O)NS(=C)(=O)C1CC1. The van der Waals surface area contributed by atoms with Gasteiger partial charge in [0.1, 0.15) is 23.7 Å². The molecule has 11 nitrogen and oxygen atoms in total. The molecule has 1 aromatic carbocycles. The molecular formula is C37H47N5O6S. The first-order valence-corrected chi connectivity index (χ1v) is 19.0. The van der Waals surface area contributed by atoms with Crippen LogP contribution >= 0.6 is 0 Å². The van der Waals surface area contributed by atoms with Crippen LogP contribution in [0.1, 0.15) is 77.7 Å². The van der Waals surface area contributed by atoms with Crippen LogP contribution in [0.5, 0.6) is 5.88 Å². The standard InChI is InChI=1S/C37H47N5O6S/c1-6-25-21-37(25,35(46)41-49(5,47)27-15-16-27)40-32(44)29-20-26-22-42(29)34(45)31(36(2,3)4)39-30(43)12-10-8-7-9-11-23-13-14-24-17-18-38-33(48-26)28(24)19-23/h6,9,11,13-14,17-19,25-27,29,31H,1,5,7-8,10,12,15-16,20-22H2,2-4H3,(H,39,43)(H,40,44)(H,41,46,47)/b11-9+/t25-,26-,29+,31-,37-,49?/m1/s1. The number of hydrogen-bond donors (Lipinski definition) is 3. The number of allylic oxidation sites excluding steroid dienone is 1. The number of benzene rings is 1. The molecule has 2 aliphatic heterocycles. The lowest BCUT2D eigenvalue weighted by Crippen LogP contribution is -2.60. The monoisotopic (exact) mass is 689 g/mol. The lowest BCUT2D eigenvalue weighted by atomic mass is 9.85. The van der Waals surface area contributed by atoms with Crippen molar-refractivity contribution in [1.29, 1.82) is 0 Å². The minimum Gasteiger partial charge on any atom is -0.472 e. The molecule has 2 aromatic rings. The molecule has 2 saturated carbocycles. The second-order valence-corrected chi connectivity index (χ2v) is 17.3. The summed E-state index contributed by atoms with van der Waals surface area (Å²) in [5, 5.41) is 7.46.